The van der Waals surface area contributed by atoms with Crippen LogP contribution in [0, 0.1) is 0 Å². The van der Waals surface area contributed by atoms with Crippen molar-refractivity contribution in [3.05, 3.63) is 11.7 Å². The number of likely N-dealkylation sites (tertiary alicyclic amines) is 2. The second-order valence-electron chi connectivity index (χ2n) is 8.10. The van der Waals surface area contributed by atoms with Crippen molar-refractivity contribution in [2.24, 2.45) is 5.73 Å². The molecule has 10 heteroatoms. The standard InChI is InChI=1S/C18H25F2N5O3/c19-18(20)6-5-14(26)24(10-18)9-12(21)8-15(27)25-7-1-2-13(25)16-22-17(28-23-16)11-3-4-11/h11-13H,1-10,21H2/t12-,13-/m0/s1. The van der Waals surface area contributed by atoms with Crippen molar-refractivity contribution in [3.8, 4) is 0 Å². The van der Waals surface area contributed by atoms with Crippen LogP contribution in [-0.2, 0) is 9.59 Å². The van der Waals surface area contributed by atoms with Crippen molar-refractivity contribution >= 4 is 11.8 Å². The predicted molar refractivity (Wildman–Crippen MR) is 93.3 cm³/mol. The van der Waals surface area contributed by atoms with E-state index in [2.05, 4.69) is 10.1 Å². The molecule has 2 atom stereocenters. The lowest BCUT2D eigenvalue weighted by atomic mass is 10.0. The third-order valence-electron chi connectivity index (χ3n) is 5.63. The van der Waals surface area contributed by atoms with E-state index >= 15 is 0 Å². The third-order valence-corrected chi connectivity index (χ3v) is 5.63. The zero-order valence-electron chi connectivity index (χ0n) is 15.6. The summed E-state index contributed by atoms with van der Waals surface area (Å²) in [5, 5.41) is 4.04. The van der Waals surface area contributed by atoms with Crippen molar-refractivity contribution in [2.45, 2.75) is 68.9 Å². The van der Waals surface area contributed by atoms with Crippen LogP contribution >= 0.6 is 0 Å². The van der Waals surface area contributed by atoms with Gasteiger partial charge in [0.15, 0.2) is 5.82 Å². The number of halogens is 2. The van der Waals surface area contributed by atoms with Crippen molar-refractivity contribution in [1.82, 2.24) is 19.9 Å². The Hall–Kier alpha value is -2.10. The van der Waals surface area contributed by atoms with Gasteiger partial charge in [-0.3, -0.25) is 9.59 Å². The maximum Gasteiger partial charge on any atom is 0.265 e. The number of piperidine rings is 1. The predicted octanol–water partition coefficient (Wildman–Crippen LogP) is 1.59. The lowest BCUT2D eigenvalue weighted by molar-refractivity contribution is -0.148. The molecule has 2 saturated heterocycles. The molecule has 154 valence electrons. The summed E-state index contributed by atoms with van der Waals surface area (Å²) in [5.41, 5.74) is 6.02. The fourth-order valence-electron chi connectivity index (χ4n) is 3.96. The number of carbonyl (C=O) groups is 2. The summed E-state index contributed by atoms with van der Waals surface area (Å²) in [6.45, 7) is -0.107. The van der Waals surface area contributed by atoms with Gasteiger partial charge in [0.25, 0.3) is 5.92 Å². The summed E-state index contributed by atoms with van der Waals surface area (Å²) in [6.07, 6.45) is 3.05. The summed E-state index contributed by atoms with van der Waals surface area (Å²) in [7, 11) is 0. The Morgan fingerprint density at radius 1 is 1.36 bits per heavy atom. The molecule has 1 aliphatic carbocycles. The molecule has 3 fully saturated rings. The summed E-state index contributed by atoms with van der Waals surface area (Å²) >= 11 is 0. The van der Waals surface area contributed by atoms with Crippen LogP contribution in [0.5, 0.6) is 0 Å². The molecule has 0 unspecified atom stereocenters. The number of hydrogen-bond acceptors (Lipinski definition) is 6. The van der Waals surface area contributed by atoms with Gasteiger partial charge < -0.3 is 20.1 Å². The van der Waals surface area contributed by atoms with Gasteiger partial charge in [-0.15, -0.1) is 0 Å². The number of carbonyl (C=O) groups excluding carboxylic acids is 2. The smallest absolute Gasteiger partial charge is 0.265 e. The number of hydrogen-bond donors (Lipinski definition) is 1. The molecule has 0 spiro atoms. The van der Waals surface area contributed by atoms with Crippen LogP contribution in [0.4, 0.5) is 8.78 Å². The second-order valence-corrected chi connectivity index (χ2v) is 8.10. The van der Waals surface area contributed by atoms with Crippen LogP contribution in [0.1, 0.15) is 68.6 Å². The van der Waals surface area contributed by atoms with E-state index in [1.807, 2.05) is 0 Å². The third kappa shape index (κ3) is 4.16. The minimum atomic E-state index is -2.89. The first-order chi connectivity index (χ1) is 13.3. The highest BCUT2D eigenvalue weighted by Gasteiger charge is 2.40. The van der Waals surface area contributed by atoms with E-state index in [1.54, 1.807) is 4.90 Å². The Labute approximate surface area is 161 Å². The molecule has 4 rings (SSSR count). The van der Waals surface area contributed by atoms with Gasteiger partial charge in [-0.05, 0) is 25.7 Å². The topological polar surface area (TPSA) is 106 Å². The second kappa shape index (κ2) is 7.38. The molecule has 3 heterocycles. The molecule has 0 aromatic carbocycles. The van der Waals surface area contributed by atoms with Crippen molar-refractivity contribution in [1.29, 1.82) is 0 Å². The van der Waals surface area contributed by atoms with Crippen LogP contribution in [0.2, 0.25) is 0 Å². The van der Waals surface area contributed by atoms with E-state index < -0.39 is 24.9 Å². The molecule has 28 heavy (non-hydrogen) atoms. The molecule has 3 aliphatic rings. The van der Waals surface area contributed by atoms with Crippen LogP contribution in [-0.4, -0.2) is 63.4 Å². The van der Waals surface area contributed by atoms with Crippen molar-refractivity contribution < 1.29 is 22.9 Å². The number of alkyl halides is 2. The summed E-state index contributed by atoms with van der Waals surface area (Å²) in [6, 6.07) is -0.934. The lowest BCUT2D eigenvalue weighted by Gasteiger charge is -2.34. The van der Waals surface area contributed by atoms with Crippen LogP contribution in [0.15, 0.2) is 4.52 Å². The van der Waals surface area contributed by atoms with Crippen LogP contribution in [0.3, 0.4) is 0 Å². The largest absolute Gasteiger partial charge is 0.339 e. The van der Waals surface area contributed by atoms with Gasteiger partial charge in [0.1, 0.15) is 0 Å². The van der Waals surface area contributed by atoms with Gasteiger partial charge in [0, 0.05) is 44.3 Å². The monoisotopic (exact) mass is 397 g/mol. The molecule has 8 nitrogen and oxygen atoms in total. The fraction of sp³-hybridized carbons (Fsp3) is 0.778. The zero-order chi connectivity index (χ0) is 19.9. The molecular formula is C18H25F2N5O3. The zero-order valence-corrected chi connectivity index (χ0v) is 15.6. The van der Waals surface area contributed by atoms with Gasteiger partial charge in [-0.1, -0.05) is 5.16 Å². The summed E-state index contributed by atoms with van der Waals surface area (Å²) < 4.78 is 32.4. The molecular weight excluding hydrogens is 372 g/mol. The average molecular weight is 397 g/mol. The van der Waals surface area contributed by atoms with E-state index in [0.29, 0.717) is 24.2 Å². The van der Waals surface area contributed by atoms with E-state index in [4.69, 9.17) is 10.3 Å². The maximum absolute atomic E-state index is 13.6. The van der Waals surface area contributed by atoms with E-state index in [0.717, 1.165) is 30.6 Å². The molecule has 2 N–H and O–H groups in total. The molecule has 0 bridgehead atoms. The maximum atomic E-state index is 13.6. The van der Waals surface area contributed by atoms with E-state index in [-0.39, 0.29) is 37.2 Å². The first kappa shape index (κ1) is 19.2. The van der Waals surface area contributed by atoms with Crippen LogP contribution < -0.4 is 5.73 Å². The number of nitrogens with two attached hydrogens (primary N) is 1. The van der Waals surface area contributed by atoms with Gasteiger partial charge in [-0.25, -0.2) is 8.78 Å². The Kier molecular flexibility index (Phi) is 5.07. The van der Waals surface area contributed by atoms with Gasteiger partial charge >= 0.3 is 0 Å². The number of amides is 2. The molecule has 2 aliphatic heterocycles. The number of rotatable bonds is 6. The van der Waals surface area contributed by atoms with Gasteiger partial charge in [0.05, 0.1) is 12.6 Å². The molecule has 0 radical (unpaired) electrons. The van der Waals surface area contributed by atoms with E-state index in [9.17, 15) is 18.4 Å². The van der Waals surface area contributed by atoms with Crippen LogP contribution in [0.25, 0.3) is 0 Å². The van der Waals surface area contributed by atoms with Gasteiger partial charge in [0.2, 0.25) is 17.7 Å². The molecule has 1 aromatic rings. The number of nitrogens with zero attached hydrogens (tertiary/aromatic N) is 4. The summed E-state index contributed by atoms with van der Waals surface area (Å²) in [4.78, 5) is 31.8. The minimum Gasteiger partial charge on any atom is -0.339 e. The molecule has 1 saturated carbocycles. The fourth-order valence-corrected chi connectivity index (χ4v) is 3.96. The van der Waals surface area contributed by atoms with Crippen molar-refractivity contribution in [2.75, 3.05) is 19.6 Å². The van der Waals surface area contributed by atoms with E-state index in [1.165, 1.54) is 0 Å². The first-order valence-electron chi connectivity index (χ1n) is 9.86. The Morgan fingerprint density at radius 3 is 2.89 bits per heavy atom. The molecule has 1 aromatic heterocycles. The Balaban J connectivity index is 1.34. The quantitative estimate of drug-likeness (QED) is 0.781. The highest BCUT2D eigenvalue weighted by atomic mass is 19.3. The normalized spacial score (nSPS) is 26.0. The lowest BCUT2D eigenvalue weighted by Crippen LogP contribution is -2.51. The minimum absolute atomic E-state index is 0.0147. The Bertz CT molecular complexity index is 751. The molecule has 2 amide bonds. The first-order valence-corrected chi connectivity index (χ1v) is 9.86. The summed E-state index contributed by atoms with van der Waals surface area (Å²) in [5.74, 6) is -1.91. The van der Waals surface area contributed by atoms with Crippen molar-refractivity contribution in [3.63, 3.8) is 0 Å². The highest BCUT2D eigenvalue weighted by Crippen LogP contribution is 2.40. The average Bonchev–Trinajstić information content (AvgIpc) is 3.17. The highest BCUT2D eigenvalue weighted by molar-refractivity contribution is 5.79. The van der Waals surface area contributed by atoms with Gasteiger partial charge in [-0.2, -0.15) is 4.98 Å². The number of aromatic nitrogens is 2. The Morgan fingerprint density at radius 2 is 2.14 bits per heavy atom. The SMILES string of the molecule is N[C@@H](CC(=O)N1CCC[C@H]1c1noc(C2CC2)n1)CN1CC(F)(F)CCC1=O.